The van der Waals surface area contributed by atoms with Crippen molar-refractivity contribution in [3.05, 3.63) is 35.4 Å². The van der Waals surface area contributed by atoms with Crippen LogP contribution in [-0.2, 0) is 27.2 Å². The van der Waals surface area contributed by atoms with Gasteiger partial charge in [0.2, 0.25) is 5.91 Å². The molecule has 0 saturated carbocycles. The Bertz CT molecular complexity index is 482. The number of ether oxygens (including phenoxy) is 1. The summed E-state index contributed by atoms with van der Waals surface area (Å²) in [6.45, 7) is 7.64. The Balaban J connectivity index is 2.70. The molecule has 0 heterocycles. The average Bonchev–Trinajstić information content (AvgIpc) is 2.47. The average molecular weight is 305 g/mol. The number of benzene rings is 1. The fourth-order valence-corrected chi connectivity index (χ4v) is 2.48. The van der Waals surface area contributed by atoms with Crippen LogP contribution >= 0.6 is 0 Å². The molecule has 1 amide bonds. The first-order valence-electron chi connectivity index (χ1n) is 7.97. The van der Waals surface area contributed by atoms with Crippen molar-refractivity contribution >= 4 is 11.9 Å². The predicted octanol–water partition coefficient (Wildman–Crippen LogP) is 2.89. The number of carbonyl (C=O) groups is 2. The van der Waals surface area contributed by atoms with E-state index >= 15 is 0 Å². The lowest BCUT2D eigenvalue weighted by atomic mass is 9.95. The molecule has 0 fully saturated rings. The standard InChI is InChI=1S/C18H27NO3/c1-5-15-7-9-16(10-8-15)12-17(19-14(4)20)11-13(3)18(21)22-6-2/h7-10,13,17H,5-6,11-12H2,1-4H3,(H,19,20). The van der Waals surface area contributed by atoms with E-state index in [1.54, 1.807) is 6.92 Å². The number of hydrogen-bond donors (Lipinski definition) is 1. The Labute approximate surface area is 133 Å². The second kappa shape index (κ2) is 9.23. The molecule has 0 aliphatic heterocycles. The van der Waals surface area contributed by atoms with Crippen LogP contribution in [-0.4, -0.2) is 24.5 Å². The maximum Gasteiger partial charge on any atom is 0.308 e. The number of hydrogen-bond acceptors (Lipinski definition) is 3. The lowest BCUT2D eigenvalue weighted by molar-refractivity contribution is -0.148. The van der Waals surface area contributed by atoms with Gasteiger partial charge in [-0.2, -0.15) is 0 Å². The molecule has 0 aliphatic rings. The first-order valence-corrected chi connectivity index (χ1v) is 7.97. The summed E-state index contributed by atoms with van der Waals surface area (Å²) in [6.07, 6.45) is 2.30. The summed E-state index contributed by atoms with van der Waals surface area (Å²) in [5, 5.41) is 2.94. The van der Waals surface area contributed by atoms with E-state index in [9.17, 15) is 9.59 Å². The van der Waals surface area contributed by atoms with Crippen LogP contribution < -0.4 is 5.32 Å². The molecule has 122 valence electrons. The molecule has 4 nitrogen and oxygen atoms in total. The Kier molecular flexibility index (Phi) is 7.64. The van der Waals surface area contributed by atoms with E-state index in [0.29, 0.717) is 19.4 Å². The van der Waals surface area contributed by atoms with Crippen LogP contribution in [0.25, 0.3) is 0 Å². The summed E-state index contributed by atoms with van der Waals surface area (Å²) in [5.74, 6) is -0.517. The molecule has 1 rings (SSSR count). The Morgan fingerprint density at radius 1 is 1.14 bits per heavy atom. The van der Waals surface area contributed by atoms with Crippen molar-refractivity contribution in [1.29, 1.82) is 0 Å². The highest BCUT2D eigenvalue weighted by Gasteiger charge is 2.21. The minimum Gasteiger partial charge on any atom is -0.466 e. The van der Waals surface area contributed by atoms with Gasteiger partial charge in [0.1, 0.15) is 0 Å². The molecule has 1 aromatic rings. The fourth-order valence-electron chi connectivity index (χ4n) is 2.48. The molecule has 0 radical (unpaired) electrons. The summed E-state index contributed by atoms with van der Waals surface area (Å²) in [6, 6.07) is 8.32. The van der Waals surface area contributed by atoms with Crippen molar-refractivity contribution in [3.63, 3.8) is 0 Å². The van der Waals surface area contributed by atoms with Crippen molar-refractivity contribution in [2.24, 2.45) is 5.92 Å². The lowest BCUT2D eigenvalue weighted by Crippen LogP contribution is -2.37. The van der Waals surface area contributed by atoms with Crippen LogP contribution in [0.15, 0.2) is 24.3 Å². The van der Waals surface area contributed by atoms with Gasteiger partial charge >= 0.3 is 5.97 Å². The number of nitrogens with one attached hydrogen (secondary N) is 1. The molecule has 1 N–H and O–H groups in total. The highest BCUT2D eigenvalue weighted by atomic mass is 16.5. The summed E-state index contributed by atoms with van der Waals surface area (Å²) in [7, 11) is 0. The molecule has 2 unspecified atom stereocenters. The fraction of sp³-hybridized carbons (Fsp3) is 0.556. The van der Waals surface area contributed by atoms with Gasteiger partial charge in [0, 0.05) is 13.0 Å². The zero-order valence-electron chi connectivity index (χ0n) is 14.0. The van der Waals surface area contributed by atoms with Gasteiger partial charge in [-0.3, -0.25) is 9.59 Å². The SMILES string of the molecule is CCOC(=O)C(C)CC(Cc1ccc(CC)cc1)NC(C)=O. The molecule has 0 aromatic heterocycles. The van der Waals surface area contributed by atoms with Crippen LogP contribution in [0.4, 0.5) is 0 Å². The molecular weight excluding hydrogens is 278 g/mol. The van der Waals surface area contributed by atoms with E-state index in [4.69, 9.17) is 4.74 Å². The second-order valence-electron chi connectivity index (χ2n) is 5.66. The maximum atomic E-state index is 11.8. The van der Waals surface area contributed by atoms with Crippen LogP contribution in [0.2, 0.25) is 0 Å². The lowest BCUT2D eigenvalue weighted by Gasteiger charge is -2.21. The number of rotatable bonds is 8. The van der Waals surface area contributed by atoms with Crippen LogP contribution in [0.1, 0.15) is 45.2 Å². The van der Waals surface area contributed by atoms with E-state index < -0.39 is 0 Å². The maximum absolute atomic E-state index is 11.8. The molecule has 0 saturated heterocycles. The van der Waals surface area contributed by atoms with Crippen molar-refractivity contribution in [2.45, 2.75) is 53.0 Å². The largest absolute Gasteiger partial charge is 0.466 e. The Morgan fingerprint density at radius 3 is 2.23 bits per heavy atom. The van der Waals surface area contributed by atoms with E-state index in [-0.39, 0.29) is 23.8 Å². The molecule has 22 heavy (non-hydrogen) atoms. The molecule has 1 aromatic carbocycles. The van der Waals surface area contributed by atoms with Gasteiger partial charge in [-0.1, -0.05) is 38.1 Å². The molecule has 0 bridgehead atoms. The third-order valence-corrected chi connectivity index (χ3v) is 3.65. The third-order valence-electron chi connectivity index (χ3n) is 3.65. The first kappa shape index (κ1) is 18.2. The van der Waals surface area contributed by atoms with Gasteiger partial charge in [-0.15, -0.1) is 0 Å². The van der Waals surface area contributed by atoms with Crippen molar-refractivity contribution in [1.82, 2.24) is 5.32 Å². The highest BCUT2D eigenvalue weighted by Crippen LogP contribution is 2.14. The van der Waals surface area contributed by atoms with Gasteiger partial charge < -0.3 is 10.1 Å². The van der Waals surface area contributed by atoms with Crippen LogP contribution in [0.5, 0.6) is 0 Å². The van der Waals surface area contributed by atoms with E-state index in [2.05, 4.69) is 36.5 Å². The first-order chi connectivity index (χ1) is 10.5. The van der Waals surface area contributed by atoms with Crippen LogP contribution in [0, 0.1) is 5.92 Å². The number of amides is 1. The third kappa shape index (κ3) is 6.29. The molecular formula is C18H27NO3. The molecule has 0 aliphatic carbocycles. The van der Waals surface area contributed by atoms with Crippen molar-refractivity contribution in [2.75, 3.05) is 6.61 Å². The van der Waals surface area contributed by atoms with E-state index in [1.165, 1.54) is 12.5 Å². The Morgan fingerprint density at radius 2 is 1.73 bits per heavy atom. The van der Waals surface area contributed by atoms with Crippen molar-refractivity contribution < 1.29 is 14.3 Å². The van der Waals surface area contributed by atoms with Gasteiger partial charge in [-0.05, 0) is 37.3 Å². The number of carbonyl (C=O) groups excluding carboxylic acids is 2. The number of aryl methyl sites for hydroxylation is 1. The zero-order chi connectivity index (χ0) is 16.5. The summed E-state index contributed by atoms with van der Waals surface area (Å²) >= 11 is 0. The smallest absolute Gasteiger partial charge is 0.308 e. The van der Waals surface area contributed by atoms with E-state index in [0.717, 1.165) is 12.0 Å². The monoisotopic (exact) mass is 305 g/mol. The summed E-state index contributed by atoms with van der Waals surface area (Å²) in [4.78, 5) is 23.2. The zero-order valence-corrected chi connectivity index (χ0v) is 14.0. The van der Waals surface area contributed by atoms with Gasteiger partial charge in [-0.25, -0.2) is 0 Å². The number of esters is 1. The van der Waals surface area contributed by atoms with Gasteiger partial charge in [0.15, 0.2) is 0 Å². The van der Waals surface area contributed by atoms with Gasteiger partial charge in [0.25, 0.3) is 0 Å². The van der Waals surface area contributed by atoms with Crippen molar-refractivity contribution in [3.8, 4) is 0 Å². The minimum absolute atomic E-state index is 0.0654. The predicted molar refractivity (Wildman–Crippen MR) is 87.5 cm³/mol. The normalized spacial score (nSPS) is 13.3. The highest BCUT2D eigenvalue weighted by molar-refractivity contribution is 5.74. The Hall–Kier alpha value is -1.84. The molecule has 2 atom stereocenters. The second-order valence-corrected chi connectivity index (χ2v) is 5.66. The molecule has 4 heteroatoms. The quantitative estimate of drug-likeness (QED) is 0.751. The summed E-state index contributed by atoms with van der Waals surface area (Å²) < 4.78 is 5.04. The summed E-state index contributed by atoms with van der Waals surface area (Å²) in [5.41, 5.74) is 2.45. The minimum atomic E-state index is -0.230. The van der Waals surface area contributed by atoms with Crippen LogP contribution in [0.3, 0.4) is 0 Å². The molecule has 0 spiro atoms. The van der Waals surface area contributed by atoms with Gasteiger partial charge in [0.05, 0.1) is 12.5 Å². The topological polar surface area (TPSA) is 55.4 Å². The van der Waals surface area contributed by atoms with E-state index in [1.807, 2.05) is 6.92 Å².